The molecule has 0 heterocycles. The van der Waals surface area contributed by atoms with E-state index in [9.17, 15) is 18.0 Å². The summed E-state index contributed by atoms with van der Waals surface area (Å²) >= 11 is 0. The third-order valence-electron chi connectivity index (χ3n) is 1.66. The molecule has 2 unspecified atom stereocenters. The predicted molar refractivity (Wildman–Crippen MR) is 32.0 cm³/mol. The van der Waals surface area contributed by atoms with Crippen molar-refractivity contribution >= 4 is 5.97 Å². The molecule has 0 amide bonds. The van der Waals surface area contributed by atoms with E-state index in [1.165, 1.54) is 0 Å². The number of rotatable bonds is 2. The number of carboxylic acids is 1. The number of hydrogen-bond donors (Lipinski definition) is 1. The van der Waals surface area contributed by atoms with E-state index in [-0.39, 0.29) is 0 Å². The molecule has 66 valence electrons. The standard InChI is InChI=1S/C6H9F3O2/c1-3(5(10)11)4(2)6(7,8)9/h3-4H,1-2H3,(H,10,11). The number of halogens is 3. The quantitative estimate of drug-likeness (QED) is 0.687. The second-order valence-corrected chi connectivity index (χ2v) is 2.46. The molecule has 0 bridgehead atoms. The van der Waals surface area contributed by atoms with Gasteiger partial charge in [0.05, 0.1) is 11.8 Å². The second-order valence-electron chi connectivity index (χ2n) is 2.46. The summed E-state index contributed by atoms with van der Waals surface area (Å²) in [7, 11) is 0. The first kappa shape index (κ1) is 10.3. The normalized spacial score (nSPS) is 17.5. The first-order valence-corrected chi connectivity index (χ1v) is 3.06. The van der Waals surface area contributed by atoms with E-state index in [0.29, 0.717) is 0 Å². The van der Waals surface area contributed by atoms with Gasteiger partial charge < -0.3 is 5.11 Å². The highest BCUT2D eigenvalue weighted by molar-refractivity contribution is 5.69. The minimum atomic E-state index is -4.42. The Labute approximate surface area is 62.0 Å². The van der Waals surface area contributed by atoms with E-state index >= 15 is 0 Å². The van der Waals surface area contributed by atoms with Gasteiger partial charge in [0.2, 0.25) is 0 Å². The molecule has 1 N–H and O–H groups in total. The van der Waals surface area contributed by atoms with Gasteiger partial charge in [-0.1, -0.05) is 13.8 Å². The fourth-order valence-electron chi connectivity index (χ4n) is 0.497. The van der Waals surface area contributed by atoms with Crippen LogP contribution in [0.2, 0.25) is 0 Å². The molecule has 0 aromatic rings. The van der Waals surface area contributed by atoms with Gasteiger partial charge in [0.25, 0.3) is 0 Å². The van der Waals surface area contributed by atoms with Crippen LogP contribution in [0.4, 0.5) is 13.2 Å². The Balaban J connectivity index is 4.25. The van der Waals surface area contributed by atoms with Gasteiger partial charge in [-0.3, -0.25) is 4.79 Å². The summed E-state index contributed by atoms with van der Waals surface area (Å²) in [5.74, 6) is -4.59. The van der Waals surface area contributed by atoms with Gasteiger partial charge in [0.1, 0.15) is 0 Å². The second kappa shape index (κ2) is 3.11. The summed E-state index contributed by atoms with van der Waals surface area (Å²) in [5, 5.41) is 8.22. The molecule has 0 aromatic carbocycles. The van der Waals surface area contributed by atoms with Crippen molar-refractivity contribution < 1.29 is 23.1 Å². The van der Waals surface area contributed by atoms with Gasteiger partial charge in [-0.25, -0.2) is 0 Å². The number of carbonyl (C=O) groups is 1. The molecule has 0 rings (SSSR count). The van der Waals surface area contributed by atoms with E-state index in [0.717, 1.165) is 13.8 Å². The zero-order valence-corrected chi connectivity index (χ0v) is 6.14. The summed E-state index contributed by atoms with van der Waals surface area (Å²) in [6.07, 6.45) is -4.42. The molecule has 0 aliphatic heterocycles. The fourth-order valence-corrected chi connectivity index (χ4v) is 0.497. The van der Waals surface area contributed by atoms with Crippen molar-refractivity contribution in [2.75, 3.05) is 0 Å². The van der Waals surface area contributed by atoms with Crippen molar-refractivity contribution in [2.24, 2.45) is 11.8 Å². The summed E-state index contributed by atoms with van der Waals surface area (Å²) in [6, 6.07) is 0. The fraction of sp³-hybridized carbons (Fsp3) is 0.833. The lowest BCUT2D eigenvalue weighted by atomic mass is 9.96. The van der Waals surface area contributed by atoms with Gasteiger partial charge >= 0.3 is 12.1 Å². The zero-order valence-electron chi connectivity index (χ0n) is 6.14. The largest absolute Gasteiger partial charge is 0.481 e. The van der Waals surface area contributed by atoms with Crippen LogP contribution < -0.4 is 0 Å². The molecule has 0 saturated carbocycles. The van der Waals surface area contributed by atoms with Gasteiger partial charge in [0.15, 0.2) is 0 Å². The zero-order chi connectivity index (χ0) is 9.23. The van der Waals surface area contributed by atoms with Crippen molar-refractivity contribution in [1.29, 1.82) is 0 Å². The Hall–Kier alpha value is -0.740. The van der Waals surface area contributed by atoms with E-state index < -0.39 is 24.0 Å². The first-order valence-electron chi connectivity index (χ1n) is 3.06. The molecule has 0 fully saturated rings. The van der Waals surface area contributed by atoms with Gasteiger partial charge in [-0.05, 0) is 0 Å². The average Bonchev–Trinajstić information content (AvgIpc) is 1.82. The van der Waals surface area contributed by atoms with Crippen LogP contribution in [0.5, 0.6) is 0 Å². The lowest BCUT2D eigenvalue weighted by molar-refractivity contribution is -0.190. The molecule has 0 saturated heterocycles. The van der Waals surface area contributed by atoms with Gasteiger partial charge in [-0.15, -0.1) is 0 Å². The molecule has 0 aliphatic carbocycles. The van der Waals surface area contributed by atoms with Crippen LogP contribution >= 0.6 is 0 Å². The number of alkyl halides is 3. The highest BCUT2D eigenvalue weighted by atomic mass is 19.4. The van der Waals surface area contributed by atoms with Gasteiger partial charge in [0, 0.05) is 0 Å². The molecule has 2 atom stereocenters. The number of aliphatic carboxylic acids is 1. The summed E-state index contributed by atoms with van der Waals surface area (Å²) < 4.78 is 35.4. The minimum absolute atomic E-state index is 0.860. The van der Waals surface area contributed by atoms with E-state index in [1.807, 2.05) is 0 Å². The monoisotopic (exact) mass is 170 g/mol. The molecule has 0 spiro atoms. The molecule has 2 nitrogen and oxygen atoms in total. The molecule has 11 heavy (non-hydrogen) atoms. The molecular formula is C6H9F3O2. The Bertz CT molecular complexity index is 152. The van der Waals surface area contributed by atoms with Crippen LogP contribution in [0, 0.1) is 11.8 Å². The van der Waals surface area contributed by atoms with Gasteiger partial charge in [-0.2, -0.15) is 13.2 Å². The van der Waals surface area contributed by atoms with Crippen molar-refractivity contribution in [1.82, 2.24) is 0 Å². The van der Waals surface area contributed by atoms with Crippen LogP contribution in [0.1, 0.15) is 13.8 Å². The molecule has 0 aliphatic rings. The lowest BCUT2D eigenvalue weighted by Crippen LogP contribution is -2.30. The highest BCUT2D eigenvalue weighted by Gasteiger charge is 2.41. The smallest absolute Gasteiger partial charge is 0.392 e. The summed E-state index contributed by atoms with van der Waals surface area (Å²) in [5.41, 5.74) is 0. The topological polar surface area (TPSA) is 37.3 Å². The van der Waals surface area contributed by atoms with Crippen molar-refractivity contribution in [3.63, 3.8) is 0 Å². The van der Waals surface area contributed by atoms with Crippen LogP contribution in [0.3, 0.4) is 0 Å². The third-order valence-corrected chi connectivity index (χ3v) is 1.66. The van der Waals surface area contributed by atoms with E-state index in [2.05, 4.69) is 0 Å². The highest BCUT2D eigenvalue weighted by Crippen LogP contribution is 2.31. The van der Waals surface area contributed by atoms with E-state index in [1.54, 1.807) is 0 Å². The molecule has 0 aromatic heterocycles. The Morgan fingerprint density at radius 3 is 1.82 bits per heavy atom. The molecule has 5 heteroatoms. The number of hydrogen-bond acceptors (Lipinski definition) is 1. The van der Waals surface area contributed by atoms with Crippen LogP contribution in [0.15, 0.2) is 0 Å². The minimum Gasteiger partial charge on any atom is -0.481 e. The maximum absolute atomic E-state index is 11.8. The Kier molecular flexibility index (Phi) is 2.90. The average molecular weight is 170 g/mol. The van der Waals surface area contributed by atoms with E-state index in [4.69, 9.17) is 5.11 Å². The summed E-state index contributed by atoms with van der Waals surface area (Å²) in [6.45, 7) is 1.90. The molecule has 0 radical (unpaired) electrons. The van der Waals surface area contributed by atoms with Crippen molar-refractivity contribution in [3.05, 3.63) is 0 Å². The van der Waals surface area contributed by atoms with Crippen LogP contribution in [-0.4, -0.2) is 17.3 Å². The number of carboxylic acid groups (broad SMARTS) is 1. The van der Waals surface area contributed by atoms with Crippen molar-refractivity contribution in [2.45, 2.75) is 20.0 Å². The Morgan fingerprint density at radius 2 is 1.73 bits per heavy atom. The third kappa shape index (κ3) is 2.78. The first-order chi connectivity index (χ1) is 4.76. The summed E-state index contributed by atoms with van der Waals surface area (Å²) in [4.78, 5) is 10.1. The Morgan fingerprint density at radius 1 is 1.36 bits per heavy atom. The van der Waals surface area contributed by atoms with Crippen molar-refractivity contribution in [3.8, 4) is 0 Å². The predicted octanol–water partition coefficient (Wildman–Crippen LogP) is 1.91. The lowest BCUT2D eigenvalue weighted by Gasteiger charge is -2.18. The SMILES string of the molecule is CC(C(=O)O)C(C)C(F)(F)F. The maximum Gasteiger partial charge on any atom is 0.392 e. The van der Waals surface area contributed by atoms with Crippen LogP contribution in [-0.2, 0) is 4.79 Å². The van der Waals surface area contributed by atoms with Crippen LogP contribution in [0.25, 0.3) is 0 Å². The molecular weight excluding hydrogens is 161 g/mol. The maximum atomic E-state index is 11.8.